The number of quaternary nitrogens is 2. The Labute approximate surface area is 351 Å². The molecule has 0 aliphatic carbocycles. The molecule has 2 N–H and O–H groups in total. The third kappa shape index (κ3) is 41.2. The molecule has 56 heavy (non-hydrogen) atoms. The third-order valence-electron chi connectivity index (χ3n) is 12.2. The van der Waals surface area contributed by atoms with Crippen molar-refractivity contribution in [2.24, 2.45) is 0 Å². The molecule has 0 bridgehead atoms. The van der Waals surface area contributed by atoms with E-state index in [1.807, 2.05) is 0 Å². The highest BCUT2D eigenvalue weighted by Gasteiger charge is 2.27. The van der Waals surface area contributed by atoms with Gasteiger partial charge in [-0.25, -0.2) is 0 Å². The van der Waals surface area contributed by atoms with E-state index in [-0.39, 0.29) is 12.0 Å². The van der Waals surface area contributed by atoms with E-state index in [2.05, 4.69) is 47.4 Å². The molecule has 334 valence electrons. The van der Waals surface area contributed by atoms with Crippen molar-refractivity contribution in [3.05, 3.63) is 0 Å². The summed E-state index contributed by atoms with van der Waals surface area (Å²) in [7, 11) is 8.78. The smallest absolute Gasteiger partial charge is 0.219 e. The molecule has 0 saturated heterocycles. The highest BCUT2D eigenvalue weighted by Crippen LogP contribution is 2.16. The number of hydrogen-bond acceptors (Lipinski definition) is 3. The van der Waals surface area contributed by atoms with Gasteiger partial charge in [-0.1, -0.05) is 194 Å². The molecule has 0 spiro atoms. The number of likely N-dealkylation sites (N-methyl/N-ethyl adjacent to an activating group) is 2. The van der Waals surface area contributed by atoms with Crippen LogP contribution in [0.1, 0.15) is 245 Å². The van der Waals surface area contributed by atoms with Crippen molar-refractivity contribution in [1.29, 1.82) is 0 Å². The van der Waals surface area contributed by atoms with Crippen LogP contribution in [0.15, 0.2) is 0 Å². The fourth-order valence-corrected chi connectivity index (χ4v) is 8.54. The molecule has 1 unspecified atom stereocenters. The van der Waals surface area contributed by atoms with Gasteiger partial charge in [0, 0.05) is 32.2 Å². The minimum Gasteiger partial charge on any atom is -0.382 e. The summed E-state index contributed by atoms with van der Waals surface area (Å²) in [6.45, 7) is 8.65. The van der Waals surface area contributed by atoms with Crippen molar-refractivity contribution in [1.82, 2.24) is 5.32 Å². The van der Waals surface area contributed by atoms with Crippen LogP contribution in [0.2, 0.25) is 0 Å². The standard InChI is InChI=1S/C50H102N3O3/c1-7-9-11-13-15-17-19-21-23-25-27-29-31-33-35-40-48(54)41-37-38-44-52(3,4)46-49(55)47-53(5,6)45-39-43-51-50(56)42-36-34-32-30-28-26-24-22-20-18-16-14-12-10-8-2/h49,55H,7-47H2,1-6H3/q+1/p+1. The first-order chi connectivity index (χ1) is 27.0. The Balaban J connectivity index is 3.73. The lowest BCUT2D eigenvalue weighted by Crippen LogP contribution is -2.53. The van der Waals surface area contributed by atoms with Gasteiger partial charge >= 0.3 is 0 Å². The highest BCUT2D eigenvalue weighted by atomic mass is 16.3. The predicted molar refractivity (Wildman–Crippen MR) is 245 cm³/mol. The summed E-state index contributed by atoms with van der Waals surface area (Å²) in [6, 6.07) is 0. The maximum absolute atomic E-state index is 12.5. The summed E-state index contributed by atoms with van der Waals surface area (Å²) >= 11 is 0. The first-order valence-corrected chi connectivity index (χ1v) is 25.1. The van der Waals surface area contributed by atoms with Gasteiger partial charge in [0.15, 0.2) is 6.10 Å². The number of aliphatic hydroxyl groups excluding tert-OH is 1. The Hall–Kier alpha value is -0.980. The van der Waals surface area contributed by atoms with E-state index in [1.165, 1.54) is 180 Å². The van der Waals surface area contributed by atoms with Crippen molar-refractivity contribution < 1.29 is 23.7 Å². The average molecular weight is 794 g/mol. The number of carbonyl (C=O) groups is 2. The van der Waals surface area contributed by atoms with Gasteiger partial charge in [0.25, 0.3) is 0 Å². The number of Topliss-reactive ketones (excluding diaryl/α,β-unsaturated/α-hetero) is 1. The number of carbonyl (C=O) groups excluding carboxylic acids is 2. The lowest BCUT2D eigenvalue weighted by molar-refractivity contribution is -0.914. The van der Waals surface area contributed by atoms with Crippen LogP contribution in [0.3, 0.4) is 0 Å². The fraction of sp³-hybridized carbons (Fsp3) is 0.960. The summed E-state index contributed by atoms with van der Waals surface area (Å²) in [4.78, 5) is 24.8. The van der Waals surface area contributed by atoms with E-state index in [1.54, 1.807) is 0 Å². The number of nitrogens with zero attached hydrogens (tertiary/aromatic N) is 2. The molecule has 6 nitrogen and oxygen atoms in total. The van der Waals surface area contributed by atoms with Crippen LogP contribution in [0.5, 0.6) is 0 Å². The Kier molecular flexibility index (Phi) is 38.8. The van der Waals surface area contributed by atoms with Crippen LogP contribution in [0.4, 0.5) is 0 Å². The molecule has 6 heteroatoms. The van der Waals surface area contributed by atoms with Gasteiger partial charge in [0.2, 0.25) is 5.91 Å². The van der Waals surface area contributed by atoms with Crippen LogP contribution in [-0.2, 0) is 9.59 Å². The summed E-state index contributed by atoms with van der Waals surface area (Å²) in [5.74, 6) is 0.626. The minimum absolute atomic E-state index is 0.191. The topological polar surface area (TPSA) is 66.4 Å². The average Bonchev–Trinajstić information content (AvgIpc) is 3.14. The normalized spacial score (nSPS) is 12.7. The van der Waals surface area contributed by atoms with Crippen LogP contribution in [-0.4, -0.2) is 92.8 Å². The van der Waals surface area contributed by atoms with Gasteiger partial charge in [-0.05, 0) is 25.7 Å². The zero-order chi connectivity index (χ0) is 41.4. The lowest BCUT2D eigenvalue weighted by Gasteiger charge is -2.36. The highest BCUT2D eigenvalue weighted by molar-refractivity contribution is 5.78. The zero-order valence-electron chi connectivity index (χ0n) is 39.2. The van der Waals surface area contributed by atoms with Crippen molar-refractivity contribution in [3.8, 4) is 0 Å². The van der Waals surface area contributed by atoms with E-state index in [9.17, 15) is 14.7 Å². The molecule has 0 aromatic carbocycles. The molecule has 0 aromatic heterocycles. The van der Waals surface area contributed by atoms with E-state index in [0.717, 1.165) is 73.7 Å². The second-order valence-electron chi connectivity index (χ2n) is 19.4. The van der Waals surface area contributed by atoms with E-state index in [0.29, 0.717) is 25.2 Å². The quantitative estimate of drug-likeness (QED) is 0.0477. The first kappa shape index (κ1) is 55.0. The zero-order valence-corrected chi connectivity index (χ0v) is 39.2. The molecule has 0 rings (SSSR count). The van der Waals surface area contributed by atoms with Crippen LogP contribution in [0.25, 0.3) is 0 Å². The minimum atomic E-state index is -0.369. The number of aliphatic hydroxyl groups is 1. The maximum Gasteiger partial charge on any atom is 0.219 e. The monoisotopic (exact) mass is 794 g/mol. The molecule has 0 aliphatic heterocycles. The number of hydrogen-bond donors (Lipinski definition) is 2. The van der Waals surface area contributed by atoms with E-state index in [4.69, 9.17) is 0 Å². The predicted octanol–water partition coefficient (Wildman–Crippen LogP) is 13.3. The molecule has 0 heterocycles. The van der Waals surface area contributed by atoms with E-state index >= 15 is 0 Å². The van der Waals surface area contributed by atoms with E-state index < -0.39 is 0 Å². The van der Waals surface area contributed by atoms with Crippen LogP contribution in [0, 0.1) is 0 Å². The SMILES string of the molecule is CCCCCCCCCCCCCCCCCC(=O)CCCC[N+](C)(C)CC(O)C[N+](C)(C)CCCNC(=O)CCCCCCCCCCCCCCCCC. The molecule has 1 atom stereocenters. The molecular weight excluding hydrogens is 691 g/mol. The second-order valence-corrected chi connectivity index (χ2v) is 19.4. The molecule has 0 aromatic rings. The molecule has 0 radical (unpaired) electrons. The summed E-state index contributed by atoms with van der Waals surface area (Å²) in [6.07, 6.45) is 45.1. The number of unbranched alkanes of at least 4 members (excludes halogenated alkanes) is 29. The summed E-state index contributed by atoms with van der Waals surface area (Å²) < 4.78 is 1.54. The number of nitrogens with one attached hydrogen (secondary N) is 1. The number of rotatable bonds is 45. The second kappa shape index (κ2) is 39.5. The first-order valence-electron chi connectivity index (χ1n) is 25.1. The van der Waals surface area contributed by atoms with Gasteiger partial charge in [-0.2, -0.15) is 0 Å². The van der Waals surface area contributed by atoms with Gasteiger partial charge in [-0.15, -0.1) is 0 Å². The van der Waals surface area contributed by atoms with Crippen molar-refractivity contribution >= 4 is 11.7 Å². The lowest BCUT2D eigenvalue weighted by atomic mass is 10.0. The number of ketones is 1. The Morgan fingerprint density at radius 3 is 1.05 bits per heavy atom. The third-order valence-corrected chi connectivity index (χ3v) is 12.2. The largest absolute Gasteiger partial charge is 0.382 e. The molecule has 1 amide bonds. The van der Waals surface area contributed by atoms with Gasteiger partial charge in [0.05, 0.1) is 41.3 Å². The van der Waals surface area contributed by atoms with Crippen molar-refractivity contribution in [3.63, 3.8) is 0 Å². The molecule has 0 fully saturated rings. The Morgan fingerprint density at radius 2 is 0.696 bits per heavy atom. The maximum atomic E-state index is 12.5. The Bertz CT molecular complexity index is 792. The molecular formula is C50H103N3O3+2. The van der Waals surface area contributed by atoms with Crippen molar-refractivity contribution in [2.75, 3.05) is 60.9 Å². The van der Waals surface area contributed by atoms with Gasteiger partial charge in [-0.3, -0.25) is 9.59 Å². The molecule has 0 aliphatic rings. The summed E-state index contributed by atoms with van der Waals surface area (Å²) in [5.41, 5.74) is 0. The van der Waals surface area contributed by atoms with Crippen molar-refractivity contribution in [2.45, 2.75) is 251 Å². The fourth-order valence-electron chi connectivity index (χ4n) is 8.54. The molecule has 0 saturated carbocycles. The van der Waals surface area contributed by atoms with Gasteiger partial charge in [0.1, 0.15) is 18.9 Å². The Morgan fingerprint density at radius 1 is 0.411 bits per heavy atom. The van der Waals surface area contributed by atoms with Crippen LogP contribution >= 0.6 is 0 Å². The summed E-state index contributed by atoms with van der Waals surface area (Å²) in [5, 5.41) is 14.1. The van der Waals surface area contributed by atoms with Crippen LogP contribution < -0.4 is 5.32 Å². The number of amides is 1. The van der Waals surface area contributed by atoms with Gasteiger partial charge < -0.3 is 19.4 Å².